The number of hydrogen-bond acceptors (Lipinski definition) is 3. The summed E-state index contributed by atoms with van der Waals surface area (Å²) >= 11 is 0. The highest BCUT2D eigenvalue weighted by Crippen LogP contribution is 2.27. The lowest BCUT2D eigenvalue weighted by Crippen LogP contribution is -2.62. The molecule has 3 aliphatic rings. The molecule has 3 heterocycles. The summed E-state index contributed by atoms with van der Waals surface area (Å²) in [6.07, 6.45) is -0.761. The van der Waals surface area contributed by atoms with E-state index in [9.17, 15) is 13.9 Å². The maximum absolute atomic E-state index is 13.2. The number of hydrogen-bond donors (Lipinski definition) is 1. The molecule has 0 aromatic heterocycles. The summed E-state index contributed by atoms with van der Waals surface area (Å²) in [6.45, 7) is 4.72. The van der Waals surface area contributed by atoms with E-state index in [0.717, 1.165) is 44.9 Å². The van der Waals surface area contributed by atoms with Crippen LogP contribution in [0.2, 0.25) is 0 Å². The Bertz CT molecular complexity index is 447. The number of aliphatic hydroxyl groups is 1. The predicted molar refractivity (Wildman–Crippen MR) is 63.1 cm³/mol. The lowest BCUT2D eigenvalue weighted by Gasteiger charge is -2.49. The van der Waals surface area contributed by atoms with E-state index >= 15 is 0 Å². The van der Waals surface area contributed by atoms with Crippen LogP contribution >= 0.6 is 0 Å². The number of halogens is 2. The topological polar surface area (TPSA) is 26.7 Å². The largest absolute Gasteiger partial charge is 0.387 e. The minimum Gasteiger partial charge on any atom is -0.387 e. The Morgan fingerprint density at radius 3 is 2.39 bits per heavy atom. The highest BCUT2D eigenvalue weighted by Gasteiger charge is 2.36. The van der Waals surface area contributed by atoms with Crippen LogP contribution in [0.4, 0.5) is 8.78 Å². The van der Waals surface area contributed by atoms with Crippen molar-refractivity contribution in [1.29, 1.82) is 0 Å². The van der Waals surface area contributed by atoms with Gasteiger partial charge in [0.1, 0.15) is 0 Å². The van der Waals surface area contributed by atoms with E-state index in [2.05, 4.69) is 9.80 Å². The molecule has 1 aromatic rings. The van der Waals surface area contributed by atoms with Crippen molar-refractivity contribution in [2.45, 2.75) is 12.1 Å². The molecule has 3 fully saturated rings. The molecule has 0 radical (unpaired) electrons. The van der Waals surface area contributed by atoms with E-state index in [1.165, 1.54) is 6.07 Å². The maximum atomic E-state index is 13.2. The van der Waals surface area contributed by atoms with Crippen molar-refractivity contribution < 1.29 is 13.9 Å². The Labute approximate surface area is 105 Å². The lowest BCUT2D eigenvalue weighted by atomic mass is 9.96. The van der Waals surface area contributed by atoms with Gasteiger partial charge in [0.05, 0.1) is 12.1 Å². The van der Waals surface area contributed by atoms with Gasteiger partial charge in [-0.15, -0.1) is 0 Å². The molecule has 1 N–H and O–H groups in total. The van der Waals surface area contributed by atoms with Crippen molar-refractivity contribution in [3.63, 3.8) is 0 Å². The van der Waals surface area contributed by atoms with Crippen LogP contribution in [0.1, 0.15) is 11.7 Å². The van der Waals surface area contributed by atoms with Gasteiger partial charge in [-0.1, -0.05) is 6.07 Å². The normalized spacial score (nSPS) is 32.5. The lowest BCUT2D eigenvalue weighted by molar-refractivity contribution is -0.0471. The second-order valence-corrected chi connectivity index (χ2v) is 5.02. The number of piperazine rings is 3. The van der Waals surface area contributed by atoms with Crippen molar-refractivity contribution in [3.8, 4) is 0 Å². The Hall–Kier alpha value is -1.04. The van der Waals surface area contributed by atoms with Gasteiger partial charge in [-0.25, -0.2) is 8.78 Å². The Morgan fingerprint density at radius 2 is 1.83 bits per heavy atom. The first-order valence-corrected chi connectivity index (χ1v) is 6.24. The molecular formula is C13H16F2N2O. The number of rotatable bonds is 2. The molecule has 2 bridgehead atoms. The molecule has 0 spiro atoms. The van der Waals surface area contributed by atoms with Crippen LogP contribution in [-0.4, -0.2) is 53.7 Å². The zero-order valence-corrected chi connectivity index (χ0v) is 10.0. The molecule has 3 saturated heterocycles. The second-order valence-electron chi connectivity index (χ2n) is 5.02. The zero-order valence-electron chi connectivity index (χ0n) is 10.0. The van der Waals surface area contributed by atoms with E-state index in [1.54, 1.807) is 0 Å². The summed E-state index contributed by atoms with van der Waals surface area (Å²) in [5.74, 6) is -1.78. The summed E-state index contributed by atoms with van der Waals surface area (Å²) < 4.78 is 26.1. The van der Waals surface area contributed by atoms with Crippen molar-refractivity contribution in [2.75, 3.05) is 32.7 Å². The third-order valence-electron chi connectivity index (χ3n) is 3.97. The molecule has 3 nitrogen and oxygen atoms in total. The van der Waals surface area contributed by atoms with Crippen LogP contribution in [0.5, 0.6) is 0 Å². The maximum Gasteiger partial charge on any atom is 0.159 e. The quantitative estimate of drug-likeness (QED) is 0.853. The van der Waals surface area contributed by atoms with Crippen LogP contribution in [-0.2, 0) is 0 Å². The number of fused-ring (bicyclic) bond motifs is 3. The average molecular weight is 254 g/mol. The molecule has 3 aliphatic heterocycles. The van der Waals surface area contributed by atoms with Gasteiger partial charge in [-0.3, -0.25) is 9.80 Å². The molecular weight excluding hydrogens is 238 g/mol. The Kier molecular flexibility index (Phi) is 3.05. The van der Waals surface area contributed by atoms with Gasteiger partial charge in [0.15, 0.2) is 11.6 Å². The van der Waals surface area contributed by atoms with Crippen molar-refractivity contribution in [2.24, 2.45) is 0 Å². The third kappa shape index (κ3) is 2.02. The van der Waals surface area contributed by atoms with Crippen LogP contribution in [0.25, 0.3) is 0 Å². The third-order valence-corrected chi connectivity index (χ3v) is 3.97. The van der Waals surface area contributed by atoms with Crippen molar-refractivity contribution in [3.05, 3.63) is 35.4 Å². The van der Waals surface area contributed by atoms with E-state index < -0.39 is 17.7 Å². The van der Waals surface area contributed by atoms with Gasteiger partial charge < -0.3 is 5.11 Å². The standard InChI is InChI=1S/C13H16F2N2O/c14-10-2-1-9(7-11(10)15)13(18)12-8-16-3-5-17(12)6-4-16/h1-2,7,12-13,18H,3-6,8H2. The first-order chi connectivity index (χ1) is 8.65. The number of benzene rings is 1. The van der Waals surface area contributed by atoms with Crippen LogP contribution in [0, 0.1) is 11.6 Å². The fourth-order valence-corrected chi connectivity index (χ4v) is 2.88. The van der Waals surface area contributed by atoms with Gasteiger partial charge >= 0.3 is 0 Å². The van der Waals surface area contributed by atoms with Crippen LogP contribution < -0.4 is 0 Å². The Balaban J connectivity index is 1.81. The molecule has 5 heteroatoms. The average Bonchev–Trinajstić information content (AvgIpc) is 2.42. The molecule has 1 aromatic carbocycles. The fourth-order valence-electron chi connectivity index (χ4n) is 2.88. The molecule has 2 atom stereocenters. The monoisotopic (exact) mass is 254 g/mol. The summed E-state index contributed by atoms with van der Waals surface area (Å²) in [4.78, 5) is 4.53. The first kappa shape index (κ1) is 12.0. The molecule has 98 valence electrons. The smallest absolute Gasteiger partial charge is 0.159 e. The van der Waals surface area contributed by atoms with Crippen LogP contribution in [0.3, 0.4) is 0 Å². The summed E-state index contributed by atoms with van der Waals surface area (Å²) in [5.41, 5.74) is 0.452. The second kappa shape index (κ2) is 4.57. The van der Waals surface area contributed by atoms with Gasteiger partial charge in [-0.2, -0.15) is 0 Å². The summed E-state index contributed by atoms with van der Waals surface area (Å²) in [5, 5.41) is 10.3. The first-order valence-electron chi connectivity index (χ1n) is 6.24. The number of nitrogens with zero attached hydrogens (tertiary/aromatic N) is 2. The zero-order chi connectivity index (χ0) is 12.7. The molecule has 2 unspecified atom stereocenters. The summed E-state index contributed by atoms with van der Waals surface area (Å²) in [6, 6.07) is 3.61. The molecule has 18 heavy (non-hydrogen) atoms. The molecule has 0 saturated carbocycles. The van der Waals surface area contributed by atoms with E-state index in [4.69, 9.17) is 0 Å². The minimum absolute atomic E-state index is 0.0163. The highest BCUT2D eigenvalue weighted by atomic mass is 19.2. The van der Waals surface area contributed by atoms with Crippen LogP contribution in [0.15, 0.2) is 18.2 Å². The van der Waals surface area contributed by atoms with Crippen molar-refractivity contribution >= 4 is 0 Å². The van der Waals surface area contributed by atoms with E-state index in [1.807, 2.05) is 0 Å². The number of aliphatic hydroxyl groups excluding tert-OH is 1. The SMILES string of the molecule is OC(c1ccc(F)c(F)c1)C1CN2CCN1CC2. The molecule has 0 amide bonds. The van der Waals surface area contributed by atoms with E-state index in [-0.39, 0.29) is 6.04 Å². The Morgan fingerprint density at radius 1 is 1.11 bits per heavy atom. The van der Waals surface area contributed by atoms with Gasteiger partial charge in [0, 0.05) is 32.7 Å². The summed E-state index contributed by atoms with van der Waals surface area (Å²) in [7, 11) is 0. The predicted octanol–water partition coefficient (Wildman–Crippen LogP) is 0.998. The minimum atomic E-state index is -0.900. The van der Waals surface area contributed by atoms with Gasteiger partial charge in [0.2, 0.25) is 0 Å². The highest BCUT2D eigenvalue weighted by molar-refractivity contribution is 5.22. The van der Waals surface area contributed by atoms with Crippen molar-refractivity contribution in [1.82, 2.24) is 9.80 Å². The van der Waals surface area contributed by atoms with Gasteiger partial charge in [0.25, 0.3) is 0 Å². The molecule has 4 rings (SSSR count). The van der Waals surface area contributed by atoms with Gasteiger partial charge in [-0.05, 0) is 17.7 Å². The fraction of sp³-hybridized carbons (Fsp3) is 0.538. The van der Waals surface area contributed by atoms with E-state index in [0.29, 0.717) is 5.56 Å². The molecule has 0 aliphatic carbocycles.